The molecule has 0 amide bonds. The number of fused-ring (bicyclic) bond motifs is 1. The van der Waals surface area contributed by atoms with Gasteiger partial charge < -0.3 is 4.57 Å². The van der Waals surface area contributed by atoms with Gasteiger partial charge in [-0.2, -0.15) is 0 Å². The van der Waals surface area contributed by atoms with E-state index in [-0.39, 0.29) is 5.43 Å². The minimum absolute atomic E-state index is 0.0749. The fourth-order valence-electron chi connectivity index (χ4n) is 2.33. The minimum atomic E-state index is 0.0749. The molecule has 0 N–H and O–H groups in total. The zero-order valence-electron chi connectivity index (χ0n) is 11.3. The van der Waals surface area contributed by atoms with Gasteiger partial charge in [0.15, 0.2) is 5.43 Å². The number of aromatic nitrogens is 1. The third-order valence-corrected chi connectivity index (χ3v) is 3.38. The number of nitrogens with zero attached hydrogens (tertiary/aromatic N) is 1. The van der Waals surface area contributed by atoms with Crippen molar-refractivity contribution < 1.29 is 0 Å². The SMILES string of the molecule is Cn1cc(/C=C/c2ccccc2)c(=O)c2ccccc21. The highest BCUT2D eigenvalue weighted by atomic mass is 16.1. The van der Waals surface area contributed by atoms with Crippen molar-refractivity contribution in [1.82, 2.24) is 4.57 Å². The van der Waals surface area contributed by atoms with Gasteiger partial charge in [-0.05, 0) is 23.8 Å². The van der Waals surface area contributed by atoms with Crippen LogP contribution in [0.15, 0.2) is 65.6 Å². The highest BCUT2D eigenvalue weighted by Crippen LogP contribution is 2.12. The van der Waals surface area contributed by atoms with Gasteiger partial charge in [-0.15, -0.1) is 0 Å². The van der Waals surface area contributed by atoms with Crippen LogP contribution in [0.4, 0.5) is 0 Å². The summed E-state index contributed by atoms with van der Waals surface area (Å²) >= 11 is 0. The first-order chi connectivity index (χ1) is 9.75. The molecule has 0 aliphatic rings. The smallest absolute Gasteiger partial charge is 0.196 e. The number of pyridine rings is 1. The van der Waals surface area contributed by atoms with Crippen LogP contribution < -0.4 is 5.43 Å². The van der Waals surface area contributed by atoms with Gasteiger partial charge in [0.1, 0.15) is 0 Å². The van der Waals surface area contributed by atoms with E-state index in [2.05, 4.69) is 0 Å². The molecule has 0 saturated heterocycles. The van der Waals surface area contributed by atoms with Gasteiger partial charge in [0, 0.05) is 24.2 Å². The summed E-state index contributed by atoms with van der Waals surface area (Å²) in [5.74, 6) is 0. The molecular formula is C18H15NO. The van der Waals surface area contributed by atoms with Crippen LogP contribution in [-0.2, 0) is 7.05 Å². The van der Waals surface area contributed by atoms with Crippen molar-refractivity contribution >= 4 is 23.1 Å². The number of hydrogen-bond donors (Lipinski definition) is 0. The molecule has 0 atom stereocenters. The lowest BCUT2D eigenvalue weighted by Crippen LogP contribution is -2.10. The Balaban J connectivity index is 2.11. The maximum Gasteiger partial charge on any atom is 0.196 e. The normalized spacial score (nSPS) is 11.2. The molecule has 0 spiro atoms. The molecular weight excluding hydrogens is 246 g/mol. The van der Waals surface area contributed by atoms with E-state index in [4.69, 9.17) is 0 Å². The molecule has 1 aromatic heterocycles. The lowest BCUT2D eigenvalue weighted by Gasteiger charge is -2.06. The number of para-hydroxylation sites is 1. The summed E-state index contributed by atoms with van der Waals surface area (Å²) < 4.78 is 1.99. The monoisotopic (exact) mass is 261 g/mol. The highest BCUT2D eigenvalue weighted by molar-refractivity contribution is 5.82. The van der Waals surface area contributed by atoms with E-state index in [1.165, 1.54) is 0 Å². The predicted octanol–water partition coefficient (Wildman–Crippen LogP) is 3.71. The summed E-state index contributed by atoms with van der Waals surface area (Å²) in [6.45, 7) is 0. The fourth-order valence-corrected chi connectivity index (χ4v) is 2.33. The Labute approximate surface area is 117 Å². The van der Waals surface area contributed by atoms with Gasteiger partial charge in [-0.1, -0.05) is 48.5 Å². The lowest BCUT2D eigenvalue weighted by molar-refractivity contribution is 0.947. The molecule has 2 nitrogen and oxygen atoms in total. The second kappa shape index (κ2) is 5.17. The molecule has 0 saturated carbocycles. The first-order valence-corrected chi connectivity index (χ1v) is 6.57. The Morgan fingerprint density at radius 2 is 1.60 bits per heavy atom. The van der Waals surface area contributed by atoms with Crippen molar-refractivity contribution in [3.8, 4) is 0 Å². The molecule has 2 aromatic carbocycles. The van der Waals surface area contributed by atoms with Gasteiger partial charge in [0.05, 0.1) is 5.52 Å². The summed E-state index contributed by atoms with van der Waals surface area (Å²) in [7, 11) is 1.96. The Kier molecular flexibility index (Phi) is 3.21. The fraction of sp³-hybridized carbons (Fsp3) is 0.0556. The van der Waals surface area contributed by atoms with Gasteiger partial charge in [-0.3, -0.25) is 4.79 Å². The molecule has 1 heterocycles. The van der Waals surface area contributed by atoms with Crippen LogP contribution >= 0.6 is 0 Å². The van der Waals surface area contributed by atoms with E-state index in [1.807, 2.05) is 84.6 Å². The molecule has 3 rings (SSSR count). The van der Waals surface area contributed by atoms with E-state index in [0.29, 0.717) is 5.56 Å². The molecule has 0 aliphatic carbocycles. The Hall–Kier alpha value is -2.61. The Morgan fingerprint density at radius 1 is 0.900 bits per heavy atom. The first-order valence-electron chi connectivity index (χ1n) is 6.57. The minimum Gasteiger partial charge on any atom is -0.350 e. The molecule has 0 bridgehead atoms. The molecule has 3 aromatic rings. The number of hydrogen-bond acceptors (Lipinski definition) is 1. The summed E-state index contributed by atoms with van der Waals surface area (Å²) in [5, 5.41) is 0.755. The topological polar surface area (TPSA) is 22.0 Å². The molecule has 0 aliphatic heterocycles. The maximum absolute atomic E-state index is 12.4. The quantitative estimate of drug-likeness (QED) is 0.689. The van der Waals surface area contributed by atoms with Crippen LogP contribution in [0.1, 0.15) is 11.1 Å². The van der Waals surface area contributed by atoms with Crippen molar-refractivity contribution in [3.05, 3.63) is 82.1 Å². The van der Waals surface area contributed by atoms with Crippen molar-refractivity contribution in [2.75, 3.05) is 0 Å². The number of benzene rings is 2. The van der Waals surface area contributed by atoms with E-state index in [0.717, 1.165) is 16.5 Å². The molecule has 98 valence electrons. The van der Waals surface area contributed by atoms with Crippen molar-refractivity contribution in [2.45, 2.75) is 0 Å². The molecule has 2 heteroatoms. The van der Waals surface area contributed by atoms with Crippen LogP contribution in [0, 0.1) is 0 Å². The Bertz CT molecular complexity index is 829. The maximum atomic E-state index is 12.4. The van der Waals surface area contributed by atoms with Crippen molar-refractivity contribution in [1.29, 1.82) is 0 Å². The van der Waals surface area contributed by atoms with Gasteiger partial charge in [0.25, 0.3) is 0 Å². The van der Waals surface area contributed by atoms with Crippen molar-refractivity contribution in [3.63, 3.8) is 0 Å². The van der Waals surface area contributed by atoms with Crippen LogP contribution in [0.25, 0.3) is 23.1 Å². The summed E-state index contributed by atoms with van der Waals surface area (Å²) in [6.07, 6.45) is 5.72. The first kappa shape index (κ1) is 12.4. The summed E-state index contributed by atoms with van der Waals surface area (Å²) in [6, 6.07) is 17.7. The van der Waals surface area contributed by atoms with E-state index < -0.39 is 0 Å². The van der Waals surface area contributed by atoms with Gasteiger partial charge in [-0.25, -0.2) is 0 Å². The van der Waals surface area contributed by atoms with Crippen LogP contribution in [0.3, 0.4) is 0 Å². The largest absolute Gasteiger partial charge is 0.350 e. The third kappa shape index (κ3) is 2.28. The van der Waals surface area contributed by atoms with Crippen LogP contribution in [0.5, 0.6) is 0 Å². The van der Waals surface area contributed by atoms with Crippen LogP contribution in [0.2, 0.25) is 0 Å². The molecule has 0 radical (unpaired) electrons. The standard InChI is InChI=1S/C18H15NO/c1-19-13-15(12-11-14-7-3-2-4-8-14)18(20)16-9-5-6-10-17(16)19/h2-13H,1H3/b12-11+. The number of rotatable bonds is 2. The average molecular weight is 261 g/mol. The van der Waals surface area contributed by atoms with Crippen molar-refractivity contribution in [2.24, 2.45) is 7.05 Å². The van der Waals surface area contributed by atoms with E-state index in [9.17, 15) is 4.79 Å². The second-order valence-corrected chi connectivity index (χ2v) is 4.79. The average Bonchev–Trinajstić information content (AvgIpc) is 2.50. The molecule has 0 unspecified atom stereocenters. The van der Waals surface area contributed by atoms with E-state index in [1.54, 1.807) is 0 Å². The summed E-state index contributed by atoms with van der Waals surface area (Å²) in [4.78, 5) is 12.4. The zero-order chi connectivity index (χ0) is 13.9. The van der Waals surface area contributed by atoms with Gasteiger partial charge in [0.2, 0.25) is 0 Å². The second-order valence-electron chi connectivity index (χ2n) is 4.79. The number of aryl methyl sites for hydroxylation is 1. The lowest BCUT2D eigenvalue weighted by atomic mass is 10.1. The highest BCUT2D eigenvalue weighted by Gasteiger charge is 2.04. The zero-order valence-corrected chi connectivity index (χ0v) is 11.3. The molecule has 20 heavy (non-hydrogen) atoms. The molecule has 0 fully saturated rings. The predicted molar refractivity (Wildman–Crippen MR) is 84.6 cm³/mol. The van der Waals surface area contributed by atoms with Gasteiger partial charge >= 0.3 is 0 Å². The Morgan fingerprint density at radius 3 is 2.40 bits per heavy atom. The third-order valence-electron chi connectivity index (χ3n) is 3.38. The van der Waals surface area contributed by atoms with E-state index >= 15 is 0 Å². The van der Waals surface area contributed by atoms with Crippen LogP contribution in [-0.4, -0.2) is 4.57 Å². The summed E-state index contributed by atoms with van der Waals surface area (Å²) in [5.41, 5.74) is 2.82.